The Balaban J connectivity index is 2.52. The average molecular weight is 256 g/mol. The SMILES string of the molecule is CNC1(C)CCOc2ccc(Br)cc21. The summed E-state index contributed by atoms with van der Waals surface area (Å²) in [7, 11) is 2.00. The molecule has 0 aromatic heterocycles. The minimum absolute atomic E-state index is 0.0391. The third kappa shape index (κ3) is 1.55. The number of hydrogen-bond acceptors (Lipinski definition) is 2. The van der Waals surface area contributed by atoms with Crippen LogP contribution in [0.3, 0.4) is 0 Å². The van der Waals surface area contributed by atoms with Gasteiger partial charge >= 0.3 is 0 Å². The zero-order chi connectivity index (χ0) is 10.2. The van der Waals surface area contributed by atoms with E-state index < -0.39 is 0 Å². The summed E-state index contributed by atoms with van der Waals surface area (Å²) in [6.07, 6.45) is 1.01. The minimum Gasteiger partial charge on any atom is -0.493 e. The monoisotopic (exact) mass is 255 g/mol. The minimum atomic E-state index is 0.0391. The van der Waals surface area contributed by atoms with Crippen LogP contribution in [0.25, 0.3) is 0 Å². The van der Waals surface area contributed by atoms with Crippen molar-refractivity contribution >= 4 is 15.9 Å². The molecule has 0 amide bonds. The lowest BCUT2D eigenvalue weighted by molar-refractivity contribution is 0.205. The molecule has 1 atom stereocenters. The molecular weight excluding hydrogens is 242 g/mol. The summed E-state index contributed by atoms with van der Waals surface area (Å²) in [6.45, 7) is 2.99. The van der Waals surface area contributed by atoms with E-state index in [0.29, 0.717) is 0 Å². The van der Waals surface area contributed by atoms with Crippen molar-refractivity contribution in [3.8, 4) is 5.75 Å². The highest BCUT2D eigenvalue weighted by atomic mass is 79.9. The first-order valence-electron chi connectivity index (χ1n) is 4.77. The zero-order valence-corrected chi connectivity index (χ0v) is 10.0. The second kappa shape index (κ2) is 3.55. The Hall–Kier alpha value is -0.540. The molecule has 1 aliphatic rings. The number of hydrogen-bond donors (Lipinski definition) is 1. The van der Waals surface area contributed by atoms with Gasteiger partial charge in [0.15, 0.2) is 0 Å². The van der Waals surface area contributed by atoms with Gasteiger partial charge < -0.3 is 10.1 Å². The van der Waals surface area contributed by atoms with Gasteiger partial charge in [0, 0.05) is 22.0 Å². The van der Waals surface area contributed by atoms with Crippen molar-refractivity contribution in [1.82, 2.24) is 5.32 Å². The fraction of sp³-hybridized carbons (Fsp3) is 0.455. The first-order chi connectivity index (χ1) is 6.65. The number of benzene rings is 1. The molecule has 2 nitrogen and oxygen atoms in total. The number of nitrogens with one attached hydrogen (secondary N) is 1. The van der Waals surface area contributed by atoms with Crippen molar-refractivity contribution in [2.75, 3.05) is 13.7 Å². The molecule has 76 valence electrons. The molecular formula is C11H14BrNO. The van der Waals surface area contributed by atoms with Crippen LogP contribution in [-0.4, -0.2) is 13.7 Å². The highest BCUT2D eigenvalue weighted by molar-refractivity contribution is 9.10. The number of fused-ring (bicyclic) bond motifs is 1. The van der Waals surface area contributed by atoms with E-state index in [0.717, 1.165) is 23.2 Å². The zero-order valence-electron chi connectivity index (χ0n) is 8.43. The van der Waals surface area contributed by atoms with Gasteiger partial charge in [-0.15, -0.1) is 0 Å². The molecule has 0 bridgehead atoms. The van der Waals surface area contributed by atoms with Crippen LogP contribution in [0.15, 0.2) is 22.7 Å². The molecule has 2 rings (SSSR count). The summed E-state index contributed by atoms with van der Waals surface area (Å²) in [5, 5.41) is 3.36. The van der Waals surface area contributed by atoms with E-state index in [9.17, 15) is 0 Å². The van der Waals surface area contributed by atoms with Gasteiger partial charge in [-0.2, -0.15) is 0 Å². The molecule has 1 N–H and O–H groups in total. The first-order valence-corrected chi connectivity index (χ1v) is 5.57. The van der Waals surface area contributed by atoms with Crippen LogP contribution in [0.2, 0.25) is 0 Å². The summed E-state index contributed by atoms with van der Waals surface area (Å²) in [5.41, 5.74) is 1.28. The predicted molar refractivity (Wildman–Crippen MR) is 60.7 cm³/mol. The summed E-state index contributed by atoms with van der Waals surface area (Å²) in [4.78, 5) is 0. The van der Waals surface area contributed by atoms with Gasteiger partial charge in [-0.3, -0.25) is 0 Å². The Morgan fingerprint density at radius 2 is 2.29 bits per heavy atom. The Bertz CT molecular complexity index is 353. The fourth-order valence-corrected chi connectivity index (χ4v) is 2.18. The highest BCUT2D eigenvalue weighted by Gasteiger charge is 2.31. The van der Waals surface area contributed by atoms with E-state index in [1.54, 1.807) is 0 Å². The number of ether oxygens (including phenoxy) is 1. The van der Waals surface area contributed by atoms with E-state index in [4.69, 9.17) is 4.74 Å². The van der Waals surface area contributed by atoms with Crippen LogP contribution in [0.4, 0.5) is 0 Å². The van der Waals surface area contributed by atoms with Crippen LogP contribution in [0.5, 0.6) is 5.75 Å². The van der Waals surface area contributed by atoms with Gasteiger partial charge in [0.05, 0.1) is 6.61 Å². The summed E-state index contributed by atoms with van der Waals surface area (Å²) in [6, 6.07) is 6.17. The summed E-state index contributed by atoms with van der Waals surface area (Å²) in [5.74, 6) is 0.997. The lowest BCUT2D eigenvalue weighted by Gasteiger charge is -2.35. The first kappa shape index (κ1) is 9.99. The van der Waals surface area contributed by atoms with E-state index in [1.165, 1.54) is 5.56 Å². The Morgan fingerprint density at radius 3 is 3.00 bits per heavy atom. The lowest BCUT2D eigenvalue weighted by atomic mass is 9.87. The molecule has 1 aromatic rings. The highest BCUT2D eigenvalue weighted by Crippen LogP contribution is 2.37. The third-order valence-corrected chi connectivity index (χ3v) is 3.44. The van der Waals surface area contributed by atoms with Crippen LogP contribution < -0.4 is 10.1 Å². The maximum absolute atomic E-state index is 5.61. The maximum atomic E-state index is 5.61. The van der Waals surface area contributed by atoms with E-state index in [1.807, 2.05) is 19.2 Å². The van der Waals surface area contributed by atoms with E-state index in [-0.39, 0.29) is 5.54 Å². The van der Waals surface area contributed by atoms with Gasteiger partial charge in [-0.25, -0.2) is 0 Å². The Morgan fingerprint density at radius 1 is 1.50 bits per heavy atom. The van der Waals surface area contributed by atoms with Gasteiger partial charge in [0.2, 0.25) is 0 Å². The fourth-order valence-electron chi connectivity index (χ4n) is 1.82. The van der Waals surface area contributed by atoms with Gasteiger partial charge in [0.25, 0.3) is 0 Å². The molecule has 14 heavy (non-hydrogen) atoms. The Kier molecular flexibility index (Phi) is 2.54. The molecule has 0 spiro atoms. The smallest absolute Gasteiger partial charge is 0.124 e. The van der Waals surface area contributed by atoms with Crippen molar-refractivity contribution < 1.29 is 4.74 Å². The number of rotatable bonds is 1. The second-order valence-electron chi connectivity index (χ2n) is 3.82. The average Bonchev–Trinajstić information content (AvgIpc) is 2.20. The molecule has 0 aliphatic carbocycles. The van der Waals surface area contributed by atoms with Crippen molar-refractivity contribution in [3.63, 3.8) is 0 Å². The predicted octanol–water partition coefficient (Wildman–Crippen LogP) is 2.67. The molecule has 1 aromatic carbocycles. The van der Waals surface area contributed by atoms with Crippen molar-refractivity contribution in [2.45, 2.75) is 18.9 Å². The topological polar surface area (TPSA) is 21.3 Å². The lowest BCUT2D eigenvalue weighted by Crippen LogP contribution is -2.41. The van der Waals surface area contributed by atoms with Crippen LogP contribution in [-0.2, 0) is 5.54 Å². The molecule has 1 aliphatic heterocycles. The molecule has 0 fully saturated rings. The quantitative estimate of drug-likeness (QED) is 0.834. The van der Waals surface area contributed by atoms with Gasteiger partial charge in [-0.05, 0) is 32.2 Å². The molecule has 1 unspecified atom stereocenters. The van der Waals surface area contributed by atoms with Gasteiger partial charge in [-0.1, -0.05) is 15.9 Å². The molecule has 0 saturated heterocycles. The third-order valence-electron chi connectivity index (χ3n) is 2.95. The summed E-state index contributed by atoms with van der Waals surface area (Å²) >= 11 is 3.49. The van der Waals surface area contributed by atoms with Crippen LogP contribution in [0, 0.1) is 0 Å². The molecule has 0 radical (unpaired) electrons. The normalized spacial score (nSPS) is 25.4. The summed E-state index contributed by atoms with van der Waals surface area (Å²) < 4.78 is 6.72. The molecule has 3 heteroatoms. The van der Waals surface area contributed by atoms with Crippen molar-refractivity contribution in [1.29, 1.82) is 0 Å². The van der Waals surface area contributed by atoms with Crippen LogP contribution >= 0.6 is 15.9 Å². The van der Waals surface area contributed by atoms with Crippen molar-refractivity contribution in [2.24, 2.45) is 0 Å². The standard InChI is InChI=1S/C11H14BrNO/c1-11(13-2)5-6-14-10-4-3-8(12)7-9(10)11/h3-4,7,13H,5-6H2,1-2H3. The molecule has 1 heterocycles. The van der Waals surface area contributed by atoms with E-state index in [2.05, 4.69) is 34.2 Å². The van der Waals surface area contributed by atoms with Crippen LogP contribution in [0.1, 0.15) is 18.9 Å². The van der Waals surface area contributed by atoms with E-state index >= 15 is 0 Å². The largest absolute Gasteiger partial charge is 0.493 e. The maximum Gasteiger partial charge on any atom is 0.124 e. The molecule has 0 saturated carbocycles. The van der Waals surface area contributed by atoms with Crippen molar-refractivity contribution in [3.05, 3.63) is 28.2 Å². The second-order valence-corrected chi connectivity index (χ2v) is 4.74. The Labute approximate surface area is 92.8 Å². The van der Waals surface area contributed by atoms with Gasteiger partial charge in [0.1, 0.15) is 5.75 Å². The number of halogens is 1.